The third-order valence-corrected chi connectivity index (χ3v) is 5.50. The molecule has 2 amide bonds. The molecule has 1 heterocycles. The average Bonchev–Trinajstić information content (AvgIpc) is 3.13. The van der Waals surface area contributed by atoms with E-state index < -0.39 is 11.8 Å². The molecule has 0 spiro atoms. The van der Waals surface area contributed by atoms with Crippen molar-refractivity contribution in [1.29, 1.82) is 0 Å². The fourth-order valence-electron chi connectivity index (χ4n) is 3.50. The van der Waals surface area contributed by atoms with E-state index >= 15 is 0 Å². The van der Waals surface area contributed by atoms with Crippen molar-refractivity contribution < 1.29 is 23.5 Å². The molecule has 178 valence electrons. The summed E-state index contributed by atoms with van der Waals surface area (Å²) in [5, 5.41) is 5.30. The van der Waals surface area contributed by atoms with Gasteiger partial charge < -0.3 is 9.47 Å². The van der Waals surface area contributed by atoms with Crippen LogP contribution in [0.1, 0.15) is 35.3 Å². The molecular weight excluding hydrogens is 471 g/mol. The third kappa shape index (κ3) is 5.41. The monoisotopic (exact) mass is 492 g/mol. The zero-order chi connectivity index (χ0) is 24.9. The summed E-state index contributed by atoms with van der Waals surface area (Å²) in [6.07, 6.45) is 1.61. The fraction of sp³-hybridized carbons (Fsp3) is 0.148. The Hall–Kier alpha value is -3.97. The van der Waals surface area contributed by atoms with Crippen molar-refractivity contribution in [3.8, 4) is 11.5 Å². The number of carbonyl (C=O) groups excluding carboxylic acids is 2. The maximum absolute atomic E-state index is 13.2. The van der Waals surface area contributed by atoms with Gasteiger partial charge in [0.05, 0.1) is 22.9 Å². The molecule has 4 rings (SSSR count). The normalized spacial score (nSPS) is 14.3. The summed E-state index contributed by atoms with van der Waals surface area (Å²) < 4.78 is 24.7. The minimum atomic E-state index is -0.526. The molecule has 0 atom stereocenters. The maximum atomic E-state index is 13.2. The lowest BCUT2D eigenvalue weighted by atomic mass is 10.1. The van der Waals surface area contributed by atoms with Crippen LogP contribution in [0.3, 0.4) is 0 Å². The Morgan fingerprint density at radius 1 is 1.09 bits per heavy atom. The van der Waals surface area contributed by atoms with Gasteiger partial charge in [0.25, 0.3) is 11.8 Å². The summed E-state index contributed by atoms with van der Waals surface area (Å²) in [7, 11) is 0. The lowest BCUT2D eigenvalue weighted by molar-refractivity contribution is -0.123. The Labute approximate surface area is 207 Å². The second-order valence-electron chi connectivity index (χ2n) is 7.71. The number of nitrogens with zero attached hydrogens (tertiary/aromatic N) is 2. The van der Waals surface area contributed by atoms with Gasteiger partial charge in [0.1, 0.15) is 12.4 Å². The largest absolute Gasteiger partial charge is 0.490 e. The molecule has 1 aliphatic heterocycles. The first-order chi connectivity index (χ1) is 16.9. The molecule has 3 aromatic rings. The van der Waals surface area contributed by atoms with E-state index in [9.17, 15) is 14.0 Å². The quantitative estimate of drug-likeness (QED) is 0.304. The molecule has 0 saturated carbocycles. The molecule has 0 aliphatic carbocycles. The van der Waals surface area contributed by atoms with Gasteiger partial charge in [0.15, 0.2) is 11.5 Å². The van der Waals surface area contributed by atoms with Crippen LogP contribution in [0.15, 0.2) is 77.4 Å². The number of halogens is 2. The average molecular weight is 493 g/mol. The predicted molar refractivity (Wildman–Crippen MR) is 132 cm³/mol. The maximum Gasteiger partial charge on any atom is 0.283 e. The summed E-state index contributed by atoms with van der Waals surface area (Å²) in [6, 6.07) is 17.8. The second kappa shape index (κ2) is 10.5. The van der Waals surface area contributed by atoms with E-state index in [-0.39, 0.29) is 23.0 Å². The molecular formula is C27H22ClFN2O4. The number of amides is 2. The van der Waals surface area contributed by atoms with Crippen LogP contribution in [-0.4, -0.2) is 29.1 Å². The highest BCUT2D eigenvalue weighted by molar-refractivity contribution is 6.33. The Bertz CT molecular complexity index is 1320. The molecule has 1 aliphatic rings. The van der Waals surface area contributed by atoms with Crippen molar-refractivity contribution in [2.24, 2.45) is 5.10 Å². The minimum absolute atomic E-state index is 0.168. The second-order valence-corrected chi connectivity index (χ2v) is 8.12. The van der Waals surface area contributed by atoms with E-state index in [1.807, 2.05) is 6.92 Å². The molecule has 0 saturated heterocycles. The van der Waals surface area contributed by atoms with Crippen LogP contribution in [0.5, 0.6) is 11.5 Å². The minimum Gasteiger partial charge on any atom is -0.490 e. The van der Waals surface area contributed by atoms with Crippen LogP contribution in [0.2, 0.25) is 5.02 Å². The van der Waals surface area contributed by atoms with Gasteiger partial charge in [-0.2, -0.15) is 10.1 Å². The molecule has 0 unspecified atom stereocenters. The van der Waals surface area contributed by atoms with Crippen LogP contribution in [0.25, 0.3) is 6.08 Å². The first kappa shape index (κ1) is 24.2. The number of hydrogen-bond donors (Lipinski definition) is 0. The van der Waals surface area contributed by atoms with E-state index in [1.165, 1.54) is 12.1 Å². The molecule has 35 heavy (non-hydrogen) atoms. The van der Waals surface area contributed by atoms with Crippen molar-refractivity contribution in [3.05, 3.63) is 99.8 Å². The van der Waals surface area contributed by atoms with E-state index in [0.717, 1.165) is 10.6 Å². The van der Waals surface area contributed by atoms with Crippen molar-refractivity contribution in [3.63, 3.8) is 0 Å². The molecule has 6 nitrogen and oxygen atoms in total. The molecule has 8 heteroatoms. The van der Waals surface area contributed by atoms with Gasteiger partial charge in [0.2, 0.25) is 0 Å². The zero-order valence-corrected chi connectivity index (χ0v) is 19.9. The van der Waals surface area contributed by atoms with Gasteiger partial charge in [0, 0.05) is 5.56 Å². The Kier molecular flexibility index (Phi) is 7.27. The highest BCUT2D eigenvalue weighted by Crippen LogP contribution is 2.38. The SMILES string of the molecule is CCOc1cc(/C=C2/C(=O)N(C(=O)c3ccccc3)N=C2C)cc(Cl)c1OCc1ccc(F)cc1. The summed E-state index contributed by atoms with van der Waals surface area (Å²) in [4.78, 5) is 25.7. The number of imide groups is 1. The predicted octanol–water partition coefficient (Wildman–Crippen LogP) is 5.90. The van der Waals surface area contributed by atoms with Gasteiger partial charge in [-0.15, -0.1) is 0 Å². The van der Waals surface area contributed by atoms with Crippen molar-refractivity contribution >= 4 is 35.2 Å². The van der Waals surface area contributed by atoms with Gasteiger partial charge in [-0.1, -0.05) is 41.9 Å². The van der Waals surface area contributed by atoms with Crippen molar-refractivity contribution in [2.45, 2.75) is 20.5 Å². The van der Waals surface area contributed by atoms with Crippen molar-refractivity contribution in [2.75, 3.05) is 6.61 Å². The summed E-state index contributed by atoms with van der Waals surface area (Å²) in [6.45, 7) is 4.02. The lowest BCUT2D eigenvalue weighted by Crippen LogP contribution is -2.29. The van der Waals surface area contributed by atoms with E-state index in [4.69, 9.17) is 21.1 Å². The van der Waals surface area contributed by atoms with Crippen LogP contribution in [0.4, 0.5) is 4.39 Å². The van der Waals surface area contributed by atoms with Crippen LogP contribution in [0, 0.1) is 5.82 Å². The summed E-state index contributed by atoms with van der Waals surface area (Å²) in [5.74, 6) is -0.628. The van der Waals surface area contributed by atoms with Gasteiger partial charge in [-0.3, -0.25) is 9.59 Å². The molecule has 0 aromatic heterocycles. The number of carbonyl (C=O) groups is 2. The van der Waals surface area contributed by atoms with E-state index in [2.05, 4.69) is 5.10 Å². The number of ether oxygens (including phenoxy) is 2. The van der Waals surface area contributed by atoms with Crippen LogP contribution < -0.4 is 9.47 Å². The first-order valence-electron chi connectivity index (χ1n) is 10.9. The number of rotatable bonds is 7. The molecule has 0 bridgehead atoms. The highest BCUT2D eigenvalue weighted by Gasteiger charge is 2.33. The molecule has 0 fully saturated rings. The highest BCUT2D eigenvalue weighted by atomic mass is 35.5. The summed E-state index contributed by atoms with van der Waals surface area (Å²) in [5.41, 5.74) is 2.39. The number of hydrogen-bond acceptors (Lipinski definition) is 5. The first-order valence-corrected chi connectivity index (χ1v) is 11.3. The molecule has 0 radical (unpaired) electrons. The zero-order valence-electron chi connectivity index (χ0n) is 19.1. The molecule has 3 aromatic carbocycles. The van der Waals surface area contributed by atoms with Crippen LogP contribution in [-0.2, 0) is 11.4 Å². The topological polar surface area (TPSA) is 68.2 Å². The van der Waals surface area contributed by atoms with E-state index in [0.29, 0.717) is 34.9 Å². The smallest absolute Gasteiger partial charge is 0.283 e. The third-order valence-electron chi connectivity index (χ3n) is 5.21. The summed E-state index contributed by atoms with van der Waals surface area (Å²) >= 11 is 6.51. The van der Waals surface area contributed by atoms with Crippen LogP contribution >= 0.6 is 11.6 Å². The van der Waals surface area contributed by atoms with E-state index in [1.54, 1.807) is 67.6 Å². The van der Waals surface area contributed by atoms with Gasteiger partial charge >= 0.3 is 0 Å². The standard InChI is InChI=1S/C27H22ClFN2O4/c1-3-34-24-15-19(14-23(28)25(24)35-16-18-9-11-21(29)12-10-18)13-22-17(2)30-31(27(22)33)26(32)20-7-5-4-6-8-20/h4-15H,3,16H2,1-2H3/b22-13+. The Morgan fingerprint density at radius 3 is 2.49 bits per heavy atom. The Balaban J connectivity index is 1.59. The number of hydrazone groups is 1. The lowest BCUT2D eigenvalue weighted by Gasteiger charge is -2.15. The van der Waals surface area contributed by atoms with Crippen molar-refractivity contribution in [1.82, 2.24) is 5.01 Å². The molecule has 0 N–H and O–H groups in total. The Morgan fingerprint density at radius 2 is 1.80 bits per heavy atom. The van der Waals surface area contributed by atoms with Gasteiger partial charge in [-0.25, -0.2) is 4.39 Å². The fourth-order valence-corrected chi connectivity index (χ4v) is 3.78. The van der Waals surface area contributed by atoms with Gasteiger partial charge in [-0.05, 0) is 67.4 Å². The number of benzene rings is 3.